The molecule has 2 amide bonds. The maximum absolute atomic E-state index is 12.7. The number of rotatable bonds is 9. The number of hydrogen-bond acceptors (Lipinski definition) is 5. The maximum atomic E-state index is 12.7. The minimum Gasteiger partial charge on any atom is -0.494 e. The first-order chi connectivity index (χ1) is 14.2. The zero-order valence-corrected chi connectivity index (χ0v) is 18.8. The Morgan fingerprint density at radius 1 is 1.03 bits per heavy atom. The molecule has 0 aliphatic rings. The van der Waals surface area contributed by atoms with Gasteiger partial charge in [-0.3, -0.25) is 9.59 Å². The van der Waals surface area contributed by atoms with Gasteiger partial charge in [-0.05, 0) is 55.8 Å². The number of benzene rings is 2. The third-order valence-electron chi connectivity index (χ3n) is 4.07. The van der Waals surface area contributed by atoms with E-state index in [4.69, 9.17) is 27.9 Å². The second kappa shape index (κ2) is 10.7. The lowest BCUT2D eigenvalue weighted by atomic mass is 10.2. The van der Waals surface area contributed by atoms with E-state index in [1.165, 1.54) is 18.2 Å². The van der Waals surface area contributed by atoms with Crippen LogP contribution < -0.4 is 15.4 Å². The van der Waals surface area contributed by atoms with Crippen LogP contribution in [0.3, 0.4) is 0 Å². The highest BCUT2D eigenvalue weighted by Crippen LogP contribution is 2.26. The van der Waals surface area contributed by atoms with Crippen molar-refractivity contribution in [3.63, 3.8) is 0 Å². The van der Waals surface area contributed by atoms with Crippen molar-refractivity contribution < 1.29 is 22.7 Å². The van der Waals surface area contributed by atoms with Crippen LogP contribution in [0.25, 0.3) is 0 Å². The number of sulfone groups is 1. The van der Waals surface area contributed by atoms with Gasteiger partial charge in [0.25, 0.3) is 0 Å². The van der Waals surface area contributed by atoms with Crippen molar-refractivity contribution in [2.24, 2.45) is 0 Å². The van der Waals surface area contributed by atoms with Gasteiger partial charge >= 0.3 is 0 Å². The van der Waals surface area contributed by atoms with Gasteiger partial charge in [0, 0.05) is 10.7 Å². The molecule has 1 atom stereocenters. The highest BCUT2D eigenvalue weighted by atomic mass is 35.5. The molecule has 0 fully saturated rings. The second-order valence-corrected chi connectivity index (χ2v) is 9.35. The quantitative estimate of drug-likeness (QED) is 0.570. The third-order valence-corrected chi connectivity index (χ3v) is 6.69. The molecule has 0 saturated carbocycles. The van der Waals surface area contributed by atoms with Gasteiger partial charge in [0.05, 0.1) is 17.3 Å². The van der Waals surface area contributed by atoms with E-state index in [9.17, 15) is 18.0 Å². The van der Waals surface area contributed by atoms with Crippen molar-refractivity contribution in [2.45, 2.75) is 25.5 Å². The van der Waals surface area contributed by atoms with Crippen LogP contribution in [-0.4, -0.2) is 37.8 Å². The molecule has 0 aliphatic carbocycles. The van der Waals surface area contributed by atoms with E-state index < -0.39 is 32.7 Å². The summed E-state index contributed by atoms with van der Waals surface area (Å²) < 4.78 is 30.7. The lowest BCUT2D eigenvalue weighted by Crippen LogP contribution is -2.39. The number of halogens is 2. The Kier molecular flexibility index (Phi) is 8.52. The molecule has 0 spiro atoms. The van der Waals surface area contributed by atoms with Crippen LogP contribution in [-0.2, 0) is 19.4 Å². The molecule has 0 bridgehead atoms. The number of amides is 2. The molecule has 2 aromatic carbocycles. The van der Waals surface area contributed by atoms with E-state index in [0.29, 0.717) is 23.1 Å². The zero-order valence-electron chi connectivity index (χ0n) is 16.4. The highest BCUT2D eigenvalue weighted by Gasteiger charge is 2.33. The van der Waals surface area contributed by atoms with Crippen LogP contribution >= 0.6 is 23.2 Å². The molecule has 0 aromatic heterocycles. The Hall–Kier alpha value is -2.29. The van der Waals surface area contributed by atoms with E-state index in [2.05, 4.69) is 10.6 Å². The molecule has 2 rings (SSSR count). The largest absolute Gasteiger partial charge is 0.494 e. The molecule has 0 aliphatic heterocycles. The standard InChI is InChI=1S/C20H22Cl2N2O5S/c1-3-18(20(26)24-17-10-5-13(21)11-16(17)22)30(27,28)12-19(25)23-14-6-8-15(9-7-14)29-4-2/h5-11,18H,3-4,12H2,1-2H3,(H,23,25)(H,24,26). The molecule has 162 valence electrons. The summed E-state index contributed by atoms with van der Waals surface area (Å²) in [6.45, 7) is 3.91. The number of anilines is 2. The van der Waals surface area contributed by atoms with E-state index in [0.717, 1.165) is 0 Å². The van der Waals surface area contributed by atoms with Gasteiger partial charge in [-0.25, -0.2) is 8.42 Å². The molecule has 30 heavy (non-hydrogen) atoms. The fourth-order valence-electron chi connectivity index (χ4n) is 2.69. The molecular formula is C20H22Cl2N2O5S. The zero-order chi connectivity index (χ0) is 22.3. The smallest absolute Gasteiger partial charge is 0.242 e. The normalized spacial score (nSPS) is 12.1. The number of ether oxygens (including phenoxy) is 1. The Morgan fingerprint density at radius 2 is 1.70 bits per heavy atom. The molecule has 0 heterocycles. The van der Waals surface area contributed by atoms with Gasteiger partial charge in [0.15, 0.2) is 9.84 Å². The van der Waals surface area contributed by atoms with Gasteiger partial charge in [-0.1, -0.05) is 30.1 Å². The predicted octanol–water partition coefficient (Wildman–Crippen LogP) is 4.16. The van der Waals surface area contributed by atoms with Crippen molar-refractivity contribution in [1.29, 1.82) is 0 Å². The summed E-state index contributed by atoms with van der Waals surface area (Å²) in [5, 5.41) is 4.14. The molecule has 2 N–H and O–H groups in total. The SMILES string of the molecule is CCOc1ccc(NC(=O)CS(=O)(=O)C(CC)C(=O)Nc2ccc(Cl)cc2Cl)cc1. The van der Waals surface area contributed by atoms with Gasteiger partial charge in [-0.2, -0.15) is 0 Å². The molecule has 10 heteroatoms. The van der Waals surface area contributed by atoms with Crippen LogP contribution in [0.5, 0.6) is 5.75 Å². The monoisotopic (exact) mass is 472 g/mol. The number of nitrogens with one attached hydrogen (secondary N) is 2. The van der Waals surface area contributed by atoms with Crippen LogP contribution in [0.2, 0.25) is 10.0 Å². The summed E-state index contributed by atoms with van der Waals surface area (Å²) >= 11 is 11.8. The molecule has 1 unspecified atom stereocenters. The van der Waals surface area contributed by atoms with Crippen molar-refractivity contribution >= 4 is 56.2 Å². The fraction of sp³-hybridized carbons (Fsp3) is 0.300. The molecular weight excluding hydrogens is 451 g/mol. The van der Waals surface area contributed by atoms with Gasteiger partial charge in [0.1, 0.15) is 16.8 Å². The van der Waals surface area contributed by atoms with E-state index in [1.807, 2.05) is 6.92 Å². The van der Waals surface area contributed by atoms with Crippen LogP contribution in [0, 0.1) is 0 Å². The summed E-state index contributed by atoms with van der Waals surface area (Å²) in [6.07, 6.45) is -0.00426. The summed E-state index contributed by atoms with van der Waals surface area (Å²) in [4.78, 5) is 24.8. The molecule has 2 aromatic rings. The summed E-state index contributed by atoms with van der Waals surface area (Å²) in [7, 11) is -4.07. The lowest BCUT2D eigenvalue weighted by molar-refractivity contribution is -0.115. The Morgan fingerprint density at radius 3 is 2.27 bits per heavy atom. The topological polar surface area (TPSA) is 102 Å². The van der Waals surface area contributed by atoms with Gasteiger partial charge in [0.2, 0.25) is 11.8 Å². The van der Waals surface area contributed by atoms with Gasteiger partial charge in [-0.15, -0.1) is 0 Å². The predicted molar refractivity (Wildman–Crippen MR) is 119 cm³/mol. The third kappa shape index (κ3) is 6.62. The van der Waals surface area contributed by atoms with E-state index in [-0.39, 0.29) is 17.1 Å². The first-order valence-electron chi connectivity index (χ1n) is 9.16. The van der Waals surface area contributed by atoms with Crippen LogP contribution in [0.15, 0.2) is 42.5 Å². The Labute approximate surface area is 185 Å². The second-order valence-electron chi connectivity index (χ2n) is 6.32. The highest BCUT2D eigenvalue weighted by molar-refractivity contribution is 7.93. The number of carbonyl (C=O) groups excluding carboxylic acids is 2. The average Bonchev–Trinajstić information content (AvgIpc) is 2.65. The fourth-order valence-corrected chi connectivity index (χ4v) is 4.68. The lowest BCUT2D eigenvalue weighted by Gasteiger charge is -2.16. The Bertz CT molecular complexity index is 1010. The van der Waals surface area contributed by atoms with Gasteiger partial charge < -0.3 is 15.4 Å². The number of hydrogen-bond donors (Lipinski definition) is 2. The first kappa shape index (κ1) is 24.0. The van der Waals surface area contributed by atoms with Crippen molar-refractivity contribution in [3.8, 4) is 5.75 Å². The van der Waals surface area contributed by atoms with Crippen LogP contribution in [0.4, 0.5) is 11.4 Å². The first-order valence-corrected chi connectivity index (χ1v) is 11.6. The van der Waals surface area contributed by atoms with Crippen molar-refractivity contribution in [1.82, 2.24) is 0 Å². The maximum Gasteiger partial charge on any atom is 0.242 e. The number of carbonyl (C=O) groups is 2. The molecule has 7 nitrogen and oxygen atoms in total. The van der Waals surface area contributed by atoms with Crippen molar-refractivity contribution in [2.75, 3.05) is 23.0 Å². The molecule has 0 radical (unpaired) electrons. The van der Waals surface area contributed by atoms with E-state index >= 15 is 0 Å². The molecule has 0 saturated heterocycles. The summed E-state index contributed by atoms with van der Waals surface area (Å²) in [5.74, 6) is -1.71. The summed E-state index contributed by atoms with van der Waals surface area (Å²) in [5.41, 5.74) is 0.655. The van der Waals surface area contributed by atoms with Crippen molar-refractivity contribution in [3.05, 3.63) is 52.5 Å². The average molecular weight is 473 g/mol. The minimum absolute atomic E-state index is 0.00426. The Balaban J connectivity index is 2.05. The van der Waals surface area contributed by atoms with Crippen LogP contribution in [0.1, 0.15) is 20.3 Å². The summed E-state index contributed by atoms with van der Waals surface area (Å²) in [6, 6.07) is 10.9. The van der Waals surface area contributed by atoms with E-state index in [1.54, 1.807) is 31.2 Å². The minimum atomic E-state index is -4.07.